The van der Waals surface area contributed by atoms with Crippen LogP contribution in [0.15, 0.2) is 54.6 Å². The van der Waals surface area contributed by atoms with Crippen molar-refractivity contribution in [1.29, 1.82) is 0 Å². The summed E-state index contributed by atoms with van der Waals surface area (Å²) in [4.78, 5) is 11.9. The first kappa shape index (κ1) is 15.1. The van der Waals surface area contributed by atoms with Crippen LogP contribution in [-0.2, 0) is 6.42 Å². The third kappa shape index (κ3) is 4.63. The van der Waals surface area contributed by atoms with E-state index >= 15 is 0 Å². The summed E-state index contributed by atoms with van der Waals surface area (Å²) in [5, 5.41) is 1.90. The van der Waals surface area contributed by atoms with Gasteiger partial charge in [-0.25, -0.2) is 0 Å². The minimum absolute atomic E-state index is 0.269. The standard InChI is InChI=1S/C16H14F3NO/c17-16(18,19)11-20-15(21)14-9-5-4-8-13(14)10-12-6-2-1-3-7-12/h1-9H,10-11H2,(H,20,21). The molecular weight excluding hydrogens is 279 g/mol. The first-order valence-electron chi connectivity index (χ1n) is 6.42. The molecule has 2 aromatic rings. The Labute approximate surface area is 120 Å². The molecule has 2 rings (SSSR count). The van der Waals surface area contributed by atoms with Crippen LogP contribution in [0.1, 0.15) is 21.5 Å². The van der Waals surface area contributed by atoms with Crippen molar-refractivity contribution < 1.29 is 18.0 Å². The third-order valence-electron chi connectivity index (χ3n) is 2.95. The molecule has 0 aromatic heterocycles. The zero-order valence-corrected chi connectivity index (χ0v) is 11.2. The molecule has 0 atom stereocenters. The van der Waals surface area contributed by atoms with Crippen LogP contribution in [0.5, 0.6) is 0 Å². The summed E-state index contributed by atoms with van der Waals surface area (Å²) in [7, 11) is 0. The van der Waals surface area contributed by atoms with E-state index in [0.717, 1.165) is 5.56 Å². The highest BCUT2D eigenvalue weighted by Gasteiger charge is 2.28. The fraction of sp³-hybridized carbons (Fsp3) is 0.188. The molecule has 5 heteroatoms. The number of hydrogen-bond donors (Lipinski definition) is 1. The second-order valence-corrected chi connectivity index (χ2v) is 4.62. The summed E-state index contributed by atoms with van der Waals surface area (Å²) in [5.74, 6) is -0.709. The molecule has 0 aliphatic carbocycles. The summed E-state index contributed by atoms with van der Waals surface area (Å²) in [6.45, 7) is -1.33. The van der Waals surface area contributed by atoms with Crippen LogP contribution >= 0.6 is 0 Å². The van der Waals surface area contributed by atoms with Gasteiger partial charge in [-0.1, -0.05) is 48.5 Å². The monoisotopic (exact) mass is 293 g/mol. The number of benzene rings is 2. The van der Waals surface area contributed by atoms with Gasteiger partial charge in [-0.2, -0.15) is 13.2 Å². The summed E-state index contributed by atoms with van der Waals surface area (Å²) in [5.41, 5.74) is 1.96. The Bertz CT molecular complexity index is 608. The fourth-order valence-corrected chi connectivity index (χ4v) is 1.99. The highest BCUT2D eigenvalue weighted by molar-refractivity contribution is 5.95. The number of carbonyl (C=O) groups is 1. The lowest BCUT2D eigenvalue weighted by atomic mass is 9.99. The molecule has 0 saturated heterocycles. The van der Waals surface area contributed by atoms with Gasteiger partial charge in [0.15, 0.2) is 0 Å². The van der Waals surface area contributed by atoms with Gasteiger partial charge in [0.2, 0.25) is 0 Å². The average Bonchev–Trinajstić information content (AvgIpc) is 2.46. The van der Waals surface area contributed by atoms with Crippen LogP contribution < -0.4 is 5.32 Å². The van der Waals surface area contributed by atoms with Gasteiger partial charge in [-0.3, -0.25) is 4.79 Å². The average molecular weight is 293 g/mol. The number of amides is 1. The first-order valence-corrected chi connectivity index (χ1v) is 6.42. The number of nitrogens with one attached hydrogen (secondary N) is 1. The maximum absolute atomic E-state index is 12.2. The molecule has 1 amide bonds. The van der Waals surface area contributed by atoms with Gasteiger partial charge in [0, 0.05) is 5.56 Å². The zero-order chi connectivity index (χ0) is 15.3. The van der Waals surface area contributed by atoms with Gasteiger partial charge in [0.1, 0.15) is 6.54 Å². The lowest BCUT2D eigenvalue weighted by Gasteiger charge is -2.11. The molecule has 0 fully saturated rings. The van der Waals surface area contributed by atoms with E-state index in [1.807, 2.05) is 35.6 Å². The maximum Gasteiger partial charge on any atom is 0.405 e. The molecule has 0 bridgehead atoms. The highest BCUT2D eigenvalue weighted by Crippen LogP contribution is 2.16. The van der Waals surface area contributed by atoms with Crippen LogP contribution in [0.3, 0.4) is 0 Å². The smallest absolute Gasteiger partial charge is 0.343 e. The Morgan fingerprint density at radius 3 is 2.24 bits per heavy atom. The molecule has 2 nitrogen and oxygen atoms in total. The number of halogens is 3. The molecule has 0 saturated carbocycles. The summed E-state index contributed by atoms with van der Waals surface area (Å²) in [6, 6.07) is 16.1. The summed E-state index contributed by atoms with van der Waals surface area (Å²) >= 11 is 0. The second kappa shape index (κ2) is 6.43. The molecule has 0 unspecified atom stereocenters. The Balaban J connectivity index is 2.15. The van der Waals surface area contributed by atoms with Gasteiger partial charge < -0.3 is 5.32 Å². The van der Waals surface area contributed by atoms with Gasteiger partial charge >= 0.3 is 6.18 Å². The molecule has 2 aromatic carbocycles. The normalized spacial score (nSPS) is 11.2. The maximum atomic E-state index is 12.2. The van der Waals surface area contributed by atoms with E-state index in [9.17, 15) is 18.0 Å². The fourth-order valence-electron chi connectivity index (χ4n) is 1.99. The predicted octanol–water partition coefficient (Wildman–Crippen LogP) is 3.57. The lowest BCUT2D eigenvalue weighted by molar-refractivity contribution is -0.123. The minimum atomic E-state index is -4.41. The SMILES string of the molecule is O=C(NCC(F)(F)F)c1ccccc1Cc1ccccc1. The Kier molecular flexibility index (Phi) is 4.62. The third-order valence-corrected chi connectivity index (χ3v) is 2.95. The second-order valence-electron chi connectivity index (χ2n) is 4.62. The minimum Gasteiger partial charge on any atom is -0.343 e. The molecule has 0 heterocycles. The van der Waals surface area contributed by atoms with Crippen LogP contribution in [-0.4, -0.2) is 18.6 Å². The topological polar surface area (TPSA) is 29.1 Å². The Hall–Kier alpha value is -2.30. The van der Waals surface area contributed by atoms with Crippen molar-refractivity contribution in [3.8, 4) is 0 Å². The van der Waals surface area contributed by atoms with Crippen molar-refractivity contribution in [3.05, 3.63) is 71.3 Å². The van der Waals surface area contributed by atoms with E-state index in [2.05, 4.69) is 0 Å². The molecule has 110 valence electrons. The van der Waals surface area contributed by atoms with E-state index in [-0.39, 0.29) is 5.56 Å². The van der Waals surface area contributed by atoms with Gasteiger partial charge in [0.05, 0.1) is 0 Å². The summed E-state index contributed by atoms with van der Waals surface area (Å²) < 4.78 is 36.5. The lowest BCUT2D eigenvalue weighted by Crippen LogP contribution is -2.34. The Morgan fingerprint density at radius 2 is 1.57 bits per heavy atom. The van der Waals surface area contributed by atoms with E-state index in [1.54, 1.807) is 18.2 Å². The van der Waals surface area contributed by atoms with Crippen molar-refractivity contribution in [3.63, 3.8) is 0 Å². The van der Waals surface area contributed by atoms with Gasteiger partial charge in [-0.15, -0.1) is 0 Å². The van der Waals surface area contributed by atoms with Crippen molar-refractivity contribution in [1.82, 2.24) is 5.32 Å². The Morgan fingerprint density at radius 1 is 0.952 bits per heavy atom. The van der Waals surface area contributed by atoms with Gasteiger partial charge in [0.25, 0.3) is 5.91 Å². The number of carbonyl (C=O) groups excluding carboxylic acids is 1. The van der Waals surface area contributed by atoms with Crippen LogP contribution in [0.25, 0.3) is 0 Å². The predicted molar refractivity (Wildman–Crippen MR) is 74.1 cm³/mol. The zero-order valence-electron chi connectivity index (χ0n) is 11.2. The molecular formula is C16H14F3NO. The number of rotatable bonds is 4. The van der Waals surface area contributed by atoms with Crippen LogP contribution in [0.2, 0.25) is 0 Å². The van der Waals surface area contributed by atoms with Crippen LogP contribution in [0.4, 0.5) is 13.2 Å². The van der Waals surface area contributed by atoms with Crippen LogP contribution in [0, 0.1) is 0 Å². The van der Waals surface area contributed by atoms with Crippen molar-refractivity contribution >= 4 is 5.91 Å². The molecule has 0 spiro atoms. The molecule has 0 radical (unpaired) electrons. The quantitative estimate of drug-likeness (QED) is 0.917. The largest absolute Gasteiger partial charge is 0.405 e. The van der Waals surface area contributed by atoms with Crippen molar-refractivity contribution in [2.24, 2.45) is 0 Å². The van der Waals surface area contributed by atoms with Gasteiger partial charge in [-0.05, 0) is 23.6 Å². The first-order chi connectivity index (χ1) is 9.96. The number of alkyl halides is 3. The van der Waals surface area contributed by atoms with Crippen molar-refractivity contribution in [2.45, 2.75) is 12.6 Å². The summed E-state index contributed by atoms with van der Waals surface area (Å²) in [6.07, 6.45) is -3.92. The van der Waals surface area contributed by atoms with E-state index in [1.165, 1.54) is 6.07 Å². The van der Waals surface area contributed by atoms with E-state index < -0.39 is 18.6 Å². The molecule has 0 aliphatic rings. The van der Waals surface area contributed by atoms with Crippen molar-refractivity contribution in [2.75, 3.05) is 6.54 Å². The molecule has 21 heavy (non-hydrogen) atoms. The molecule has 1 N–H and O–H groups in total. The van der Waals surface area contributed by atoms with E-state index in [0.29, 0.717) is 12.0 Å². The molecule has 0 aliphatic heterocycles. The van der Waals surface area contributed by atoms with E-state index in [4.69, 9.17) is 0 Å². The number of hydrogen-bond acceptors (Lipinski definition) is 1. The highest BCUT2D eigenvalue weighted by atomic mass is 19.4.